The highest BCUT2D eigenvalue weighted by atomic mass is 32.2. The first-order valence-electron chi connectivity index (χ1n) is 10.2. The van der Waals surface area contributed by atoms with Crippen molar-refractivity contribution in [2.75, 3.05) is 13.1 Å². The van der Waals surface area contributed by atoms with E-state index >= 15 is 0 Å². The maximum absolute atomic E-state index is 12.8. The minimum atomic E-state index is -3.59. The summed E-state index contributed by atoms with van der Waals surface area (Å²) in [5.41, 5.74) is 0.793. The summed E-state index contributed by atoms with van der Waals surface area (Å²) in [7, 11) is -3.59. The molecule has 170 valence electrons. The Labute approximate surface area is 194 Å². The molecule has 4 rings (SSSR count). The van der Waals surface area contributed by atoms with Crippen LogP contribution in [0.25, 0.3) is 10.2 Å². The molecule has 1 aliphatic heterocycles. The zero-order valence-electron chi connectivity index (χ0n) is 17.5. The van der Waals surface area contributed by atoms with E-state index in [-0.39, 0.29) is 22.7 Å². The molecule has 9 nitrogen and oxygen atoms in total. The van der Waals surface area contributed by atoms with Crippen LogP contribution in [0.2, 0.25) is 0 Å². The number of benzene rings is 2. The number of aromatic nitrogens is 1. The average Bonchev–Trinajstić information content (AvgIpc) is 3.16. The van der Waals surface area contributed by atoms with Crippen LogP contribution in [-0.4, -0.2) is 41.2 Å². The van der Waals surface area contributed by atoms with Gasteiger partial charge >= 0.3 is 0 Å². The number of nitro benzene ring substituents is 1. The highest BCUT2D eigenvalue weighted by molar-refractivity contribution is 7.89. The van der Waals surface area contributed by atoms with Crippen molar-refractivity contribution < 1.29 is 18.1 Å². The van der Waals surface area contributed by atoms with Crippen molar-refractivity contribution in [3.05, 3.63) is 62.9 Å². The van der Waals surface area contributed by atoms with Gasteiger partial charge in [0.25, 0.3) is 11.6 Å². The first-order valence-corrected chi connectivity index (χ1v) is 12.5. The number of hydrogen-bond donors (Lipinski definition) is 0. The number of thiazole rings is 1. The number of amides is 1. The minimum absolute atomic E-state index is 0.0695. The van der Waals surface area contributed by atoms with Crippen LogP contribution in [0.1, 0.15) is 29.6 Å². The van der Waals surface area contributed by atoms with Crippen LogP contribution >= 0.6 is 11.3 Å². The van der Waals surface area contributed by atoms with Crippen molar-refractivity contribution in [3.63, 3.8) is 0 Å². The number of sulfonamides is 1. The van der Waals surface area contributed by atoms with Gasteiger partial charge in [0.1, 0.15) is 0 Å². The lowest BCUT2D eigenvalue weighted by molar-refractivity contribution is -0.384. The lowest BCUT2D eigenvalue weighted by Gasteiger charge is -2.25. The fourth-order valence-corrected chi connectivity index (χ4v) is 6.26. The highest BCUT2D eigenvalue weighted by Crippen LogP contribution is 2.24. The average molecular weight is 485 g/mol. The Kier molecular flexibility index (Phi) is 6.42. The molecule has 1 fully saturated rings. The van der Waals surface area contributed by atoms with Gasteiger partial charge in [-0.3, -0.25) is 14.9 Å². The molecule has 1 saturated heterocycles. The van der Waals surface area contributed by atoms with Gasteiger partial charge < -0.3 is 4.57 Å². The first kappa shape index (κ1) is 22.8. The lowest BCUT2D eigenvalue weighted by atomic mass is 10.2. The molecule has 11 heteroatoms. The van der Waals surface area contributed by atoms with Gasteiger partial charge in [-0.2, -0.15) is 9.30 Å². The van der Waals surface area contributed by atoms with Crippen LogP contribution in [0.3, 0.4) is 0 Å². The molecule has 0 aliphatic carbocycles. The second kappa shape index (κ2) is 9.27. The predicted octanol–water partition coefficient (Wildman–Crippen LogP) is 3.16. The van der Waals surface area contributed by atoms with E-state index in [0.717, 1.165) is 30.6 Å². The minimum Gasteiger partial charge on any atom is -0.305 e. The Morgan fingerprint density at radius 1 is 1.15 bits per heavy atom. The summed E-state index contributed by atoms with van der Waals surface area (Å²) < 4.78 is 29.3. The zero-order chi connectivity index (χ0) is 23.6. The molecule has 0 unspecified atom stereocenters. The Bertz CT molecular complexity index is 1440. The number of hydrogen-bond acceptors (Lipinski definition) is 6. The van der Waals surface area contributed by atoms with Crippen molar-refractivity contribution in [2.45, 2.75) is 30.7 Å². The van der Waals surface area contributed by atoms with Crippen molar-refractivity contribution in [1.82, 2.24) is 8.87 Å². The lowest BCUT2D eigenvalue weighted by Crippen LogP contribution is -2.35. The van der Waals surface area contributed by atoms with Crippen molar-refractivity contribution in [3.8, 4) is 12.3 Å². The standard InChI is InChI=1S/C22H20N4O5S2/c1-2-12-25-19-11-8-17(26(28)29)15-20(19)32-22(25)23-21(27)16-6-9-18(10-7-16)33(30,31)24-13-4-3-5-14-24/h1,6-11,15H,3-5,12-14H2. The molecule has 0 N–H and O–H groups in total. The number of nitro groups is 1. The van der Waals surface area contributed by atoms with E-state index in [1.54, 1.807) is 10.6 Å². The molecule has 0 spiro atoms. The molecule has 0 saturated carbocycles. The SMILES string of the molecule is C#CCn1c(=NC(=O)c2ccc(S(=O)(=O)N3CCCCC3)cc2)sc2cc([N+](=O)[O-])ccc21. The normalized spacial score (nSPS) is 15.4. The summed E-state index contributed by atoms with van der Waals surface area (Å²) in [6, 6.07) is 10.1. The predicted molar refractivity (Wildman–Crippen MR) is 124 cm³/mol. The van der Waals surface area contributed by atoms with E-state index in [0.29, 0.717) is 28.1 Å². The number of rotatable bonds is 5. The van der Waals surface area contributed by atoms with Crippen LogP contribution in [0.5, 0.6) is 0 Å². The number of non-ortho nitro benzene ring substituents is 1. The molecule has 0 bridgehead atoms. The van der Waals surface area contributed by atoms with Crippen LogP contribution in [-0.2, 0) is 16.6 Å². The molecular formula is C22H20N4O5S2. The Balaban J connectivity index is 1.67. The van der Waals surface area contributed by atoms with Gasteiger partial charge in [-0.25, -0.2) is 8.42 Å². The topological polar surface area (TPSA) is 115 Å². The van der Waals surface area contributed by atoms with Crippen LogP contribution in [0, 0.1) is 22.5 Å². The van der Waals surface area contributed by atoms with Gasteiger partial charge in [-0.1, -0.05) is 23.7 Å². The van der Waals surface area contributed by atoms with E-state index in [2.05, 4.69) is 10.9 Å². The third kappa shape index (κ3) is 4.59. The Hall–Kier alpha value is -3.33. The first-order chi connectivity index (χ1) is 15.8. The van der Waals surface area contributed by atoms with E-state index < -0.39 is 20.9 Å². The summed E-state index contributed by atoms with van der Waals surface area (Å²) in [5.74, 6) is 1.94. The van der Waals surface area contributed by atoms with E-state index in [4.69, 9.17) is 6.42 Å². The fourth-order valence-electron chi connectivity index (χ4n) is 3.68. The Morgan fingerprint density at radius 2 is 1.85 bits per heavy atom. The molecular weight excluding hydrogens is 464 g/mol. The second-order valence-corrected chi connectivity index (χ2v) is 10.4. The molecule has 2 aromatic carbocycles. The molecule has 2 heterocycles. The third-order valence-electron chi connectivity index (χ3n) is 5.38. The van der Waals surface area contributed by atoms with Gasteiger partial charge in [0, 0.05) is 30.8 Å². The van der Waals surface area contributed by atoms with Gasteiger partial charge in [0.15, 0.2) is 4.80 Å². The van der Waals surface area contributed by atoms with Crippen molar-refractivity contribution in [1.29, 1.82) is 0 Å². The Morgan fingerprint density at radius 3 is 2.48 bits per heavy atom. The summed E-state index contributed by atoms with van der Waals surface area (Å²) >= 11 is 1.12. The molecule has 1 amide bonds. The van der Waals surface area contributed by atoms with E-state index in [9.17, 15) is 23.3 Å². The van der Waals surface area contributed by atoms with E-state index in [1.165, 1.54) is 40.7 Å². The van der Waals surface area contributed by atoms with Crippen LogP contribution < -0.4 is 4.80 Å². The number of carbonyl (C=O) groups excluding carboxylic acids is 1. The fraction of sp³-hybridized carbons (Fsp3) is 0.273. The van der Waals surface area contributed by atoms with Crippen LogP contribution in [0.4, 0.5) is 5.69 Å². The van der Waals surface area contributed by atoms with Gasteiger partial charge in [0.2, 0.25) is 10.0 Å². The summed E-state index contributed by atoms with van der Waals surface area (Å²) in [5, 5.41) is 11.1. The second-order valence-electron chi connectivity index (χ2n) is 7.49. The van der Waals surface area contributed by atoms with Gasteiger partial charge in [0.05, 0.1) is 26.6 Å². The van der Waals surface area contributed by atoms with Gasteiger partial charge in [-0.15, -0.1) is 6.42 Å². The highest BCUT2D eigenvalue weighted by Gasteiger charge is 2.26. The molecule has 1 aromatic heterocycles. The summed E-state index contributed by atoms with van der Waals surface area (Å²) in [6.07, 6.45) is 8.15. The summed E-state index contributed by atoms with van der Waals surface area (Å²) in [4.78, 5) is 28.0. The molecule has 1 aliphatic rings. The number of terminal acetylenes is 1. The summed E-state index contributed by atoms with van der Waals surface area (Å²) in [6.45, 7) is 1.13. The molecule has 3 aromatic rings. The van der Waals surface area contributed by atoms with E-state index in [1.807, 2.05) is 0 Å². The number of nitrogens with zero attached hydrogens (tertiary/aromatic N) is 4. The largest absolute Gasteiger partial charge is 0.305 e. The van der Waals surface area contributed by atoms with Crippen LogP contribution in [0.15, 0.2) is 52.4 Å². The van der Waals surface area contributed by atoms with Gasteiger partial charge in [-0.05, 0) is 43.2 Å². The van der Waals surface area contributed by atoms with Crippen molar-refractivity contribution in [2.24, 2.45) is 4.99 Å². The molecule has 0 atom stereocenters. The molecule has 0 radical (unpaired) electrons. The monoisotopic (exact) mass is 484 g/mol. The quantitative estimate of drug-likeness (QED) is 0.313. The molecule has 33 heavy (non-hydrogen) atoms. The van der Waals surface area contributed by atoms with Crippen molar-refractivity contribution >= 4 is 43.2 Å². The smallest absolute Gasteiger partial charge is 0.279 e. The number of fused-ring (bicyclic) bond motifs is 1. The maximum Gasteiger partial charge on any atom is 0.279 e. The maximum atomic E-state index is 12.8. The number of piperidine rings is 1. The third-order valence-corrected chi connectivity index (χ3v) is 8.33. The zero-order valence-corrected chi connectivity index (χ0v) is 19.1. The number of carbonyl (C=O) groups is 1.